The van der Waals surface area contributed by atoms with Crippen LogP contribution in [0.15, 0.2) is 18.2 Å². The quantitative estimate of drug-likeness (QED) is 0.761. The van der Waals surface area contributed by atoms with Crippen LogP contribution >= 0.6 is 0 Å². The topological polar surface area (TPSA) is 58.2 Å². The van der Waals surface area contributed by atoms with E-state index in [9.17, 15) is 8.42 Å². The molecule has 4 nitrogen and oxygen atoms in total. The molecule has 17 heavy (non-hydrogen) atoms. The van der Waals surface area contributed by atoms with Gasteiger partial charge in [-0.05, 0) is 51.1 Å². The Kier molecular flexibility index (Phi) is 4.96. The molecule has 1 aromatic carbocycles. The van der Waals surface area contributed by atoms with Gasteiger partial charge in [-0.1, -0.05) is 12.1 Å². The fraction of sp³-hybridized carbons (Fsp3) is 0.500. The zero-order valence-electron chi connectivity index (χ0n) is 10.6. The van der Waals surface area contributed by atoms with E-state index in [1.54, 1.807) is 0 Å². The first-order valence-electron chi connectivity index (χ1n) is 5.67. The molecule has 1 aromatic rings. The fourth-order valence-corrected chi connectivity index (χ4v) is 2.68. The van der Waals surface area contributed by atoms with E-state index in [2.05, 4.69) is 10.0 Å². The Bertz CT molecular complexity index is 469. The summed E-state index contributed by atoms with van der Waals surface area (Å²) in [5, 5.41) is 2.93. The molecule has 5 heteroatoms. The van der Waals surface area contributed by atoms with Crippen LogP contribution in [0.1, 0.15) is 17.5 Å². The van der Waals surface area contributed by atoms with Gasteiger partial charge in [0.25, 0.3) is 0 Å². The van der Waals surface area contributed by atoms with Crippen molar-refractivity contribution in [1.82, 2.24) is 5.32 Å². The fourth-order valence-electron chi connectivity index (χ4n) is 1.50. The third-order valence-corrected chi connectivity index (χ3v) is 3.86. The van der Waals surface area contributed by atoms with Crippen LogP contribution < -0.4 is 10.0 Å². The van der Waals surface area contributed by atoms with Gasteiger partial charge in [0.15, 0.2) is 0 Å². The highest BCUT2D eigenvalue weighted by atomic mass is 32.2. The van der Waals surface area contributed by atoms with Crippen LogP contribution in [0.4, 0.5) is 5.69 Å². The maximum Gasteiger partial charge on any atom is 0.232 e. The molecule has 0 aromatic heterocycles. The summed E-state index contributed by atoms with van der Waals surface area (Å²) in [4.78, 5) is 0. The largest absolute Gasteiger partial charge is 0.320 e. The van der Waals surface area contributed by atoms with Gasteiger partial charge in [-0.2, -0.15) is 0 Å². The first kappa shape index (κ1) is 14.0. The molecule has 2 N–H and O–H groups in total. The summed E-state index contributed by atoms with van der Waals surface area (Å²) in [6.07, 6.45) is 0.608. The minimum Gasteiger partial charge on any atom is -0.320 e. The monoisotopic (exact) mass is 256 g/mol. The van der Waals surface area contributed by atoms with Crippen molar-refractivity contribution in [3.8, 4) is 0 Å². The van der Waals surface area contributed by atoms with Crippen molar-refractivity contribution in [2.45, 2.75) is 20.3 Å². The summed E-state index contributed by atoms with van der Waals surface area (Å²) in [6, 6.07) is 5.74. The van der Waals surface area contributed by atoms with E-state index in [1.165, 1.54) is 0 Å². The van der Waals surface area contributed by atoms with Crippen LogP contribution in [0.3, 0.4) is 0 Å². The van der Waals surface area contributed by atoms with Crippen LogP contribution in [0.2, 0.25) is 0 Å². The van der Waals surface area contributed by atoms with E-state index in [0.717, 1.165) is 11.1 Å². The molecule has 1 rings (SSSR count). The van der Waals surface area contributed by atoms with Gasteiger partial charge in [0, 0.05) is 0 Å². The summed E-state index contributed by atoms with van der Waals surface area (Å²) < 4.78 is 26.2. The molecule has 0 aliphatic rings. The number of rotatable bonds is 6. The van der Waals surface area contributed by atoms with E-state index in [1.807, 2.05) is 39.1 Å². The summed E-state index contributed by atoms with van der Waals surface area (Å²) >= 11 is 0. The first-order valence-corrected chi connectivity index (χ1v) is 7.32. The number of sulfonamides is 1. The second kappa shape index (κ2) is 6.02. The van der Waals surface area contributed by atoms with Crippen molar-refractivity contribution in [3.05, 3.63) is 29.3 Å². The number of benzene rings is 1. The Labute approximate surface area is 103 Å². The number of hydrogen-bond acceptors (Lipinski definition) is 3. The molecule has 0 spiro atoms. The maximum atomic E-state index is 11.8. The number of anilines is 1. The molecule has 0 heterocycles. The zero-order chi connectivity index (χ0) is 12.9. The number of aryl methyl sites for hydroxylation is 2. The van der Waals surface area contributed by atoms with Crippen LogP contribution in [-0.4, -0.2) is 27.8 Å². The van der Waals surface area contributed by atoms with E-state index < -0.39 is 10.0 Å². The molecule has 0 aliphatic heterocycles. The molecule has 0 atom stereocenters. The summed E-state index contributed by atoms with van der Waals surface area (Å²) in [7, 11) is -1.43. The van der Waals surface area contributed by atoms with Gasteiger partial charge in [0.1, 0.15) is 0 Å². The highest BCUT2D eigenvalue weighted by Crippen LogP contribution is 2.17. The Morgan fingerprint density at radius 1 is 1.24 bits per heavy atom. The van der Waals surface area contributed by atoms with Crippen molar-refractivity contribution in [2.24, 2.45) is 0 Å². The van der Waals surface area contributed by atoms with Gasteiger partial charge in [-0.3, -0.25) is 4.72 Å². The van der Waals surface area contributed by atoms with Crippen LogP contribution in [0.5, 0.6) is 0 Å². The average molecular weight is 256 g/mol. The average Bonchev–Trinajstić information content (AvgIpc) is 2.23. The summed E-state index contributed by atoms with van der Waals surface area (Å²) in [5.41, 5.74) is 2.66. The highest BCUT2D eigenvalue weighted by molar-refractivity contribution is 7.92. The molecule has 0 amide bonds. The molecule has 96 valence electrons. The molecular weight excluding hydrogens is 236 g/mol. The van der Waals surface area contributed by atoms with Gasteiger partial charge in [0.05, 0.1) is 11.4 Å². The van der Waals surface area contributed by atoms with Crippen LogP contribution in [-0.2, 0) is 10.0 Å². The smallest absolute Gasteiger partial charge is 0.232 e. The second-order valence-electron chi connectivity index (χ2n) is 4.20. The van der Waals surface area contributed by atoms with Crippen molar-refractivity contribution in [2.75, 3.05) is 24.1 Å². The summed E-state index contributed by atoms with van der Waals surface area (Å²) in [6.45, 7) is 4.54. The van der Waals surface area contributed by atoms with Gasteiger partial charge >= 0.3 is 0 Å². The molecular formula is C12H20N2O2S. The Morgan fingerprint density at radius 2 is 1.94 bits per heavy atom. The molecule has 0 fully saturated rings. The van der Waals surface area contributed by atoms with E-state index in [4.69, 9.17) is 0 Å². The van der Waals surface area contributed by atoms with Gasteiger partial charge in [-0.15, -0.1) is 0 Å². The molecule has 0 radical (unpaired) electrons. The minimum absolute atomic E-state index is 0.140. The van der Waals surface area contributed by atoms with Crippen molar-refractivity contribution >= 4 is 15.7 Å². The van der Waals surface area contributed by atoms with E-state index in [0.29, 0.717) is 18.7 Å². The van der Waals surface area contributed by atoms with Gasteiger partial charge in [-0.25, -0.2) is 8.42 Å². The third-order valence-electron chi connectivity index (χ3n) is 2.50. The lowest BCUT2D eigenvalue weighted by atomic mass is 10.1. The number of nitrogens with one attached hydrogen (secondary N) is 2. The Hall–Kier alpha value is -1.07. The van der Waals surface area contributed by atoms with Gasteiger partial charge < -0.3 is 5.32 Å². The predicted octanol–water partition coefficient (Wildman–Crippen LogP) is 1.65. The minimum atomic E-state index is -3.24. The molecule has 0 unspecified atom stereocenters. The van der Waals surface area contributed by atoms with Crippen molar-refractivity contribution in [1.29, 1.82) is 0 Å². The lowest BCUT2D eigenvalue weighted by molar-refractivity contribution is 0.597. The zero-order valence-corrected chi connectivity index (χ0v) is 11.4. The standard InChI is InChI=1S/C12H20N2O2S/c1-10-5-6-11(2)12(9-10)14-17(15,16)8-4-7-13-3/h5-6,9,13-14H,4,7-8H2,1-3H3. The third kappa shape index (κ3) is 4.75. The lowest BCUT2D eigenvalue weighted by Gasteiger charge is -2.11. The van der Waals surface area contributed by atoms with E-state index in [-0.39, 0.29) is 5.75 Å². The molecule has 0 bridgehead atoms. The van der Waals surface area contributed by atoms with Gasteiger partial charge in [0.2, 0.25) is 10.0 Å². The SMILES string of the molecule is CNCCCS(=O)(=O)Nc1cc(C)ccc1C. The molecule has 0 aliphatic carbocycles. The lowest BCUT2D eigenvalue weighted by Crippen LogP contribution is -2.20. The number of hydrogen-bond donors (Lipinski definition) is 2. The molecule has 0 saturated heterocycles. The van der Waals surface area contributed by atoms with Crippen molar-refractivity contribution in [3.63, 3.8) is 0 Å². The van der Waals surface area contributed by atoms with Crippen LogP contribution in [0, 0.1) is 13.8 Å². The first-order chi connectivity index (χ1) is 7.94. The normalized spacial score (nSPS) is 11.5. The Balaban J connectivity index is 2.72. The summed E-state index contributed by atoms with van der Waals surface area (Å²) in [5.74, 6) is 0.140. The van der Waals surface area contributed by atoms with Crippen LogP contribution in [0.25, 0.3) is 0 Å². The van der Waals surface area contributed by atoms with E-state index >= 15 is 0 Å². The Morgan fingerprint density at radius 3 is 2.59 bits per heavy atom. The maximum absolute atomic E-state index is 11.8. The predicted molar refractivity (Wildman–Crippen MR) is 71.9 cm³/mol. The second-order valence-corrected chi connectivity index (χ2v) is 6.04. The van der Waals surface area contributed by atoms with Crippen molar-refractivity contribution < 1.29 is 8.42 Å². The molecule has 0 saturated carbocycles. The highest BCUT2D eigenvalue weighted by Gasteiger charge is 2.11.